The number of fused-ring (bicyclic) bond motifs is 1. The number of esters is 1. The highest BCUT2D eigenvalue weighted by molar-refractivity contribution is 5.75. The van der Waals surface area contributed by atoms with Gasteiger partial charge in [-0.05, 0) is 64.0 Å². The maximum atomic E-state index is 12.5. The SMILES string of the molecule is CC(C)(C)C(=O)OC1c2ccccc2CCCC12CCC2. The Labute approximate surface area is 127 Å². The Morgan fingerprint density at radius 1 is 1.14 bits per heavy atom. The van der Waals surface area contributed by atoms with Crippen LogP contribution in [0, 0.1) is 10.8 Å². The van der Waals surface area contributed by atoms with E-state index in [0.29, 0.717) is 0 Å². The van der Waals surface area contributed by atoms with Gasteiger partial charge in [0.05, 0.1) is 5.41 Å². The molecule has 0 bridgehead atoms. The summed E-state index contributed by atoms with van der Waals surface area (Å²) in [5.74, 6) is -0.0736. The van der Waals surface area contributed by atoms with E-state index in [9.17, 15) is 4.79 Å². The molecule has 0 heterocycles. The van der Waals surface area contributed by atoms with E-state index in [1.807, 2.05) is 20.8 Å². The monoisotopic (exact) mass is 286 g/mol. The second-order valence-electron chi connectivity index (χ2n) is 7.80. The Hall–Kier alpha value is -1.31. The van der Waals surface area contributed by atoms with E-state index < -0.39 is 5.41 Å². The predicted molar refractivity (Wildman–Crippen MR) is 84.0 cm³/mol. The third-order valence-corrected chi connectivity index (χ3v) is 5.20. The molecule has 1 atom stereocenters. The van der Waals surface area contributed by atoms with Gasteiger partial charge in [0.15, 0.2) is 0 Å². The Morgan fingerprint density at radius 3 is 2.43 bits per heavy atom. The summed E-state index contributed by atoms with van der Waals surface area (Å²) in [6, 6.07) is 8.54. The topological polar surface area (TPSA) is 26.3 Å². The van der Waals surface area contributed by atoms with Crippen molar-refractivity contribution in [3.05, 3.63) is 35.4 Å². The van der Waals surface area contributed by atoms with Crippen LogP contribution in [0.15, 0.2) is 24.3 Å². The minimum Gasteiger partial charge on any atom is -0.456 e. The van der Waals surface area contributed by atoms with Gasteiger partial charge in [-0.3, -0.25) is 4.79 Å². The largest absolute Gasteiger partial charge is 0.456 e. The lowest BCUT2D eigenvalue weighted by atomic mass is 9.62. The van der Waals surface area contributed by atoms with Crippen LogP contribution in [0.2, 0.25) is 0 Å². The Balaban J connectivity index is 1.97. The van der Waals surface area contributed by atoms with Gasteiger partial charge in [0, 0.05) is 5.41 Å². The summed E-state index contributed by atoms with van der Waals surface area (Å²) in [6.45, 7) is 5.81. The van der Waals surface area contributed by atoms with Crippen LogP contribution in [0.5, 0.6) is 0 Å². The Morgan fingerprint density at radius 2 is 1.81 bits per heavy atom. The van der Waals surface area contributed by atoms with Crippen LogP contribution in [0.1, 0.15) is 70.1 Å². The van der Waals surface area contributed by atoms with E-state index >= 15 is 0 Å². The highest BCUT2D eigenvalue weighted by Crippen LogP contribution is 2.57. The summed E-state index contributed by atoms with van der Waals surface area (Å²) in [5.41, 5.74) is 2.39. The number of carbonyl (C=O) groups excluding carboxylic acids is 1. The zero-order chi connectivity index (χ0) is 15.1. The number of aryl methyl sites for hydroxylation is 1. The lowest BCUT2D eigenvalue weighted by Crippen LogP contribution is -2.39. The molecule has 0 amide bonds. The molecule has 1 fully saturated rings. The molecule has 2 aliphatic carbocycles. The molecule has 0 aromatic heterocycles. The fourth-order valence-corrected chi connectivity index (χ4v) is 3.72. The van der Waals surface area contributed by atoms with Crippen molar-refractivity contribution in [2.24, 2.45) is 10.8 Å². The summed E-state index contributed by atoms with van der Waals surface area (Å²) >= 11 is 0. The fourth-order valence-electron chi connectivity index (χ4n) is 3.72. The van der Waals surface area contributed by atoms with E-state index in [1.54, 1.807) is 0 Å². The van der Waals surface area contributed by atoms with Gasteiger partial charge >= 0.3 is 5.97 Å². The van der Waals surface area contributed by atoms with Gasteiger partial charge in [-0.15, -0.1) is 0 Å². The molecule has 2 nitrogen and oxygen atoms in total. The molecule has 0 radical (unpaired) electrons. The van der Waals surface area contributed by atoms with Crippen molar-refractivity contribution >= 4 is 5.97 Å². The maximum absolute atomic E-state index is 12.5. The second kappa shape index (κ2) is 5.15. The maximum Gasteiger partial charge on any atom is 0.311 e. The molecule has 21 heavy (non-hydrogen) atoms. The molecule has 1 saturated carbocycles. The smallest absolute Gasteiger partial charge is 0.311 e. The van der Waals surface area contributed by atoms with E-state index in [-0.39, 0.29) is 17.5 Å². The number of carbonyl (C=O) groups is 1. The van der Waals surface area contributed by atoms with Crippen molar-refractivity contribution in [2.75, 3.05) is 0 Å². The minimum atomic E-state index is -0.438. The molecular formula is C19H26O2. The first-order valence-corrected chi connectivity index (χ1v) is 8.21. The van der Waals surface area contributed by atoms with Gasteiger partial charge in [-0.2, -0.15) is 0 Å². The minimum absolute atomic E-state index is 0.0447. The Bertz CT molecular complexity index is 535. The first-order valence-electron chi connectivity index (χ1n) is 8.21. The molecular weight excluding hydrogens is 260 g/mol. The fraction of sp³-hybridized carbons (Fsp3) is 0.632. The number of ether oxygens (including phenoxy) is 1. The van der Waals surface area contributed by atoms with Crippen LogP contribution in [0.3, 0.4) is 0 Å². The standard InChI is InChI=1S/C19H26O2/c1-18(2,3)17(20)21-16-15-10-5-4-8-14(15)9-6-11-19(16)12-7-13-19/h4-5,8,10,16H,6-7,9,11-13H2,1-3H3. The summed E-state index contributed by atoms with van der Waals surface area (Å²) in [6.07, 6.45) is 7.13. The number of hydrogen-bond acceptors (Lipinski definition) is 2. The summed E-state index contributed by atoms with van der Waals surface area (Å²) in [5, 5.41) is 0. The van der Waals surface area contributed by atoms with Gasteiger partial charge in [0.2, 0.25) is 0 Å². The van der Waals surface area contributed by atoms with E-state index in [0.717, 1.165) is 6.42 Å². The number of benzene rings is 1. The average Bonchev–Trinajstić information content (AvgIpc) is 2.55. The van der Waals surface area contributed by atoms with Crippen molar-refractivity contribution in [3.63, 3.8) is 0 Å². The summed E-state index contributed by atoms with van der Waals surface area (Å²) in [4.78, 5) is 12.5. The second-order valence-corrected chi connectivity index (χ2v) is 7.80. The lowest BCUT2D eigenvalue weighted by molar-refractivity contribution is -0.172. The van der Waals surface area contributed by atoms with Crippen LogP contribution in [0.25, 0.3) is 0 Å². The Kier molecular flexibility index (Phi) is 3.59. The normalized spacial score (nSPS) is 23.9. The molecule has 2 aliphatic rings. The number of rotatable bonds is 1. The highest BCUT2D eigenvalue weighted by atomic mass is 16.5. The molecule has 1 aromatic carbocycles. The van der Waals surface area contributed by atoms with Gasteiger partial charge < -0.3 is 4.74 Å². The predicted octanol–water partition coefficient (Wildman–Crippen LogP) is 4.82. The molecule has 1 spiro atoms. The molecule has 3 rings (SSSR count). The van der Waals surface area contributed by atoms with Gasteiger partial charge in [0.25, 0.3) is 0 Å². The summed E-state index contributed by atoms with van der Waals surface area (Å²) in [7, 11) is 0. The van der Waals surface area contributed by atoms with Gasteiger partial charge in [-0.1, -0.05) is 30.7 Å². The lowest BCUT2D eigenvalue weighted by Gasteiger charge is -2.47. The highest BCUT2D eigenvalue weighted by Gasteiger charge is 2.48. The summed E-state index contributed by atoms with van der Waals surface area (Å²) < 4.78 is 6.08. The van der Waals surface area contributed by atoms with Gasteiger partial charge in [-0.25, -0.2) is 0 Å². The van der Waals surface area contributed by atoms with Crippen LogP contribution < -0.4 is 0 Å². The number of hydrogen-bond donors (Lipinski definition) is 0. The zero-order valence-electron chi connectivity index (χ0n) is 13.4. The molecule has 0 N–H and O–H groups in total. The van der Waals surface area contributed by atoms with Crippen molar-refractivity contribution < 1.29 is 9.53 Å². The molecule has 0 aliphatic heterocycles. The van der Waals surface area contributed by atoms with Crippen molar-refractivity contribution in [1.29, 1.82) is 0 Å². The van der Waals surface area contributed by atoms with Crippen molar-refractivity contribution in [3.8, 4) is 0 Å². The quantitative estimate of drug-likeness (QED) is 0.692. The first-order chi connectivity index (χ1) is 9.92. The van der Waals surface area contributed by atoms with E-state index in [1.165, 1.54) is 43.2 Å². The van der Waals surface area contributed by atoms with Crippen LogP contribution in [-0.2, 0) is 16.0 Å². The molecule has 1 aromatic rings. The molecule has 114 valence electrons. The van der Waals surface area contributed by atoms with Crippen molar-refractivity contribution in [1.82, 2.24) is 0 Å². The van der Waals surface area contributed by atoms with E-state index in [4.69, 9.17) is 4.74 Å². The third kappa shape index (κ3) is 2.61. The van der Waals surface area contributed by atoms with E-state index in [2.05, 4.69) is 24.3 Å². The molecule has 1 unspecified atom stereocenters. The molecule has 0 saturated heterocycles. The van der Waals surface area contributed by atoms with Crippen LogP contribution in [-0.4, -0.2) is 5.97 Å². The van der Waals surface area contributed by atoms with Crippen LogP contribution >= 0.6 is 0 Å². The van der Waals surface area contributed by atoms with Crippen LogP contribution in [0.4, 0.5) is 0 Å². The first kappa shape index (κ1) is 14.6. The van der Waals surface area contributed by atoms with Crippen molar-refractivity contribution in [2.45, 2.75) is 65.4 Å². The average molecular weight is 286 g/mol. The molecule has 2 heteroatoms. The third-order valence-electron chi connectivity index (χ3n) is 5.20. The van der Waals surface area contributed by atoms with Gasteiger partial charge in [0.1, 0.15) is 6.10 Å². The zero-order valence-corrected chi connectivity index (χ0v) is 13.4.